The van der Waals surface area contributed by atoms with Crippen molar-refractivity contribution in [2.24, 2.45) is 17.8 Å². The lowest BCUT2D eigenvalue weighted by Crippen LogP contribution is -2.48. The van der Waals surface area contributed by atoms with Gasteiger partial charge in [-0.25, -0.2) is 0 Å². The minimum atomic E-state index is -0.238. The lowest BCUT2D eigenvalue weighted by Gasteiger charge is -2.46. The van der Waals surface area contributed by atoms with Gasteiger partial charge < -0.3 is 4.74 Å². The van der Waals surface area contributed by atoms with E-state index in [9.17, 15) is 4.79 Å². The van der Waals surface area contributed by atoms with Gasteiger partial charge in [-0.15, -0.1) is 0 Å². The van der Waals surface area contributed by atoms with E-state index in [1.807, 2.05) is 6.92 Å². The molecule has 0 spiro atoms. The van der Waals surface area contributed by atoms with Crippen molar-refractivity contribution in [2.75, 3.05) is 0 Å². The smallest absolute Gasteiger partial charge is 0.306 e. The van der Waals surface area contributed by atoms with Crippen molar-refractivity contribution in [1.29, 1.82) is 0 Å². The molecular formula is C15H28O2. The summed E-state index contributed by atoms with van der Waals surface area (Å²) in [7, 11) is 0. The molecule has 1 aliphatic carbocycles. The van der Waals surface area contributed by atoms with Crippen LogP contribution < -0.4 is 0 Å². The van der Waals surface area contributed by atoms with Crippen molar-refractivity contribution in [3.8, 4) is 0 Å². The van der Waals surface area contributed by atoms with Crippen molar-refractivity contribution >= 4 is 5.97 Å². The molecule has 0 amide bonds. The summed E-state index contributed by atoms with van der Waals surface area (Å²) in [5, 5.41) is 0. The molecule has 2 heteroatoms. The van der Waals surface area contributed by atoms with E-state index >= 15 is 0 Å². The highest BCUT2D eigenvalue weighted by atomic mass is 16.6. The summed E-state index contributed by atoms with van der Waals surface area (Å²) in [6, 6.07) is 0. The Bertz CT molecular complexity index is 260. The van der Waals surface area contributed by atoms with E-state index in [2.05, 4.69) is 27.7 Å². The molecule has 2 nitrogen and oxygen atoms in total. The topological polar surface area (TPSA) is 26.3 Å². The van der Waals surface area contributed by atoms with Crippen LogP contribution in [-0.4, -0.2) is 11.6 Å². The van der Waals surface area contributed by atoms with Crippen molar-refractivity contribution in [3.05, 3.63) is 0 Å². The Kier molecular flexibility index (Phi) is 5.03. The fourth-order valence-corrected chi connectivity index (χ4v) is 3.72. The molecule has 1 saturated carbocycles. The maximum Gasteiger partial charge on any atom is 0.306 e. The summed E-state index contributed by atoms with van der Waals surface area (Å²) in [5.74, 6) is 1.71. The van der Waals surface area contributed by atoms with E-state index < -0.39 is 0 Å². The van der Waals surface area contributed by atoms with Gasteiger partial charge in [0, 0.05) is 12.3 Å². The highest BCUT2D eigenvalue weighted by Gasteiger charge is 2.44. The predicted molar refractivity (Wildman–Crippen MR) is 70.7 cm³/mol. The summed E-state index contributed by atoms with van der Waals surface area (Å²) >= 11 is 0. The second kappa shape index (κ2) is 5.88. The van der Waals surface area contributed by atoms with E-state index in [1.54, 1.807) is 0 Å². The van der Waals surface area contributed by atoms with E-state index in [-0.39, 0.29) is 11.6 Å². The Labute approximate surface area is 106 Å². The molecule has 3 unspecified atom stereocenters. The van der Waals surface area contributed by atoms with Gasteiger partial charge in [0.05, 0.1) is 0 Å². The van der Waals surface area contributed by atoms with Crippen molar-refractivity contribution in [2.45, 2.75) is 72.3 Å². The molecule has 0 heterocycles. The maximum atomic E-state index is 11.8. The number of esters is 1. The van der Waals surface area contributed by atoms with Crippen molar-refractivity contribution in [3.63, 3.8) is 0 Å². The molecule has 1 aliphatic rings. The van der Waals surface area contributed by atoms with Gasteiger partial charge in [-0.05, 0) is 38.0 Å². The molecule has 0 aromatic carbocycles. The molecule has 0 bridgehead atoms. The zero-order chi connectivity index (χ0) is 13.1. The molecule has 0 saturated heterocycles. The highest BCUT2D eigenvalue weighted by molar-refractivity contribution is 5.69. The first-order valence-corrected chi connectivity index (χ1v) is 7.12. The van der Waals surface area contributed by atoms with Gasteiger partial charge in [0.15, 0.2) is 0 Å². The van der Waals surface area contributed by atoms with Crippen LogP contribution in [0.4, 0.5) is 0 Å². The van der Waals surface area contributed by atoms with Gasteiger partial charge in [0.25, 0.3) is 0 Å². The number of rotatable bonds is 4. The van der Waals surface area contributed by atoms with Crippen molar-refractivity contribution < 1.29 is 9.53 Å². The van der Waals surface area contributed by atoms with Gasteiger partial charge in [-0.2, -0.15) is 0 Å². The van der Waals surface area contributed by atoms with Crippen LogP contribution in [0.1, 0.15) is 66.7 Å². The monoisotopic (exact) mass is 240 g/mol. The fraction of sp³-hybridized carbons (Fsp3) is 0.933. The number of carbonyl (C=O) groups is 1. The molecule has 0 aromatic heterocycles. The Hall–Kier alpha value is -0.530. The Balaban J connectivity index is 2.78. The largest absolute Gasteiger partial charge is 0.459 e. The minimum absolute atomic E-state index is 0.0187. The van der Waals surface area contributed by atoms with Crippen molar-refractivity contribution in [1.82, 2.24) is 0 Å². The lowest BCUT2D eigenvalue weighted by atomic mass is 9.65. The average molecular weight is 240 g/mol. The summed E-state index contributed by atoms with van der Waals surface area (Å²) in [6.07, 6.45) is 4.89. The Morgan fingerprint density at radius 1 is 1.47 bits per heavy atom. The van der Waals surface area contributed by atoms with Gasteiger partial charge >= 0.3 is 5.97 Å². The number of ether oxygens (including phenoxy) is 1. The predicted octanol–water partition coefficient (Wildman–Crippen LogP) is 4.18. The SMILES string of the molecule is CCCC(=O)OC1(C)CCCC(C)C1C(C)C. The van der Waals surface area contributed by atoms with Crippen LogP contribution in [0.15, 0.2) is 0 Å². The van der Waals surface area contributed by atoms with Gasteiger partial charge in [-0.3, -0.25) is 4.79 Å². The van der Waals surface area contributed by atoms with E-state index in [4.69, 9.17) is 4.74 Å². The molecular weight excluding hydrogens is 212 g/mol. The van der Waals surface area contributed by atoms with Crippen LogP contribution in [-0.2, 0) is 9.53 Å². The molecule has 0 aromatic rings. The maximum absolute atomic E-state index is 11.8. The van der Waals surface area contributed by atoms with Crippen LogP contribution in [0.25, 0.3) is 0 Å². The number of hydrogen-bond donors (Lipinski definition) is 0. The second-order valence-electron chi connectivity index (χ2n) is 6.18. The molecule has 0 radical (unpaired) electrons. The number of carbonyl (C=O) groups excluding carboxylic acids is 1. The van der Waals surface area contributed by atoms with Gasteiger partial charge in [-0.1, -0.05) is 34.1 Å². The molecule has 0 N–H and O–H groups in total. The summed E-state index contributed by atoms with van der Waals surface area (Å²) in [6.45, 7) is 11.0. The highest BCUT2D eigenvalue weighted by Crippen LogP contribution is 2.44. The Morgan fingerprint density at radius 3 is 2.65 bits per heavy atom. The standard InChI is InChI=1S/C15H28O2/c1-6-8-13(16)17-15(5)10-7-9-12(4)14(15)11(2)3/h11-12,14H,6-10H2,1-5H3. The zero-order valence-corrected chi connectivity index (χ0v) is 12.1. The quantitative estimate of drug-likeness (QED) is 0.689. The minimum Gasteiger partial charge on any atom is -0.459 e. The number of hydrogen-bond acceptors (Lipinski definition) is 2. The zero-order valence-electron chi connectivity index (χ0n) is 12.1. The van der Waals surface area contributed by atoms with E-state index in [0.29, 0.717) is 24.2 Å². The molecule has 3 atom stereocenters. The normalized spacial score (nSPS) is 33.8. The summed E-state index contributed by atoms with van der Waals surface area (Å²) in [5.41, 5.74) is -0.238. The van der Waals surface area contributed by atoms with E-state index in [1.165, 1.54) is 12.8 Å². The first kappa shape index (κ1) is 14.5. The fourth-order valence-electron chi connectivity index (χ4n) is 3.72. The second-order valence-corrected chi connectivity index (χ2v) is 6.18. The molecule has 1 fully saturated rings. The van der Waals surface area contributed by atoms with Crippen LogP contribution >= 0.6 is 0 Å². The molecule has 17 heavy (non-hydrogen) atoms. The summed E-state index contributed by atoms with van der Waals surface area (Å²) in [4.78, 5) is 11.8. The van der Waals surface area contributed by atoms with Crippen LogP contribution in [0.3, 0.4) is 0 Å². The third-order valence-electron chi connectivity index (χ3n) is 4.17. The molecule has 100 valence electrons. The van der Waals surface area contributed by atoms with Crippen LogP contribution in [0.5, 0.6) is 0 Å². The third-order valence-corrected chi connectivity index (χ3v) is 4.17. The Morgan fingerprint density at radius 2 is 2.12 bits per heavy atom. The first-order valence-electron chi connectivity index (χ1n) is 7.12. The summed E-state index contributed by atoms with van der Waals surface area (Å²) < 4.78 is 5.82. The average Bonchev–Trinajstić information content (AvgIpc) is 2.15. The first-order chi connectivity index (χ1) is 7.90. The van der Waals surface area contributed by atoms with Crippen LogP contribution in [0.2, 0.25) is 0 Å². The van der Waals surface area contributed by atoms with E-state index in [0.717, 1.165) is 12.8 Å². The lowest BCUT2D eigenvalue weighted by molar-refractivity contribution is -0.174. The molecule has 1 rings (SSSR count). The molecule has 0 aliphatic heterocycles. The van der Waals surface area contributed by atoms with Crippen LogP contribution in [0, 0.1) is 17.8 Å². The van der Waals surface area contributed by atoms with Gasteiger partial charge in [0.2, 0.25) is 0 Å². The van der Waals surface area contributed by atoms with Gasteiger partial charge in [0.1, 0.15) is 5.60 Å². The third kappa shape index (κ3) is 3.46.